The normalized spacial score (nSPS) is 11.2. The molecule has 0 saturated carbocycles. The summed E-state index contributed by atoms with van der Waals surface area (Å²) in [6, 6.07) is 14.1. The highest BCUT2D eigenvalue weighted by atomic mass is 32.2. The number of carbonyl (C=O) groups is 1. The number of rotatable bonds is 9. The fourth-order valence-corrected chi connectivity index (χ4v) is 5.13. The van der Waals surface area contributed by atoms with Gasteiger partial charge >= 0.3 is 0 Å². The minimum absolute atomic E-state index is 0.00389. The maximum atomic E-state index is 13.3. The number of nitrogens with one attached hydrogen (secondary N) is 1. The quantitative estimate of drug-likeness (QED) is 0.143. The summed E-state index contributed by atoms with van der Waals surface area (Å²) in [5, 5.41) is 7.50. The topological polar surface area (TPSA) is 185 Å². The maximum Gasteiger partial charge on any atom is 0.272 e. The smallest absolute Gasteiger partial charge is 0.272 e. The van der Waals surface area contributed by atoms with Gasteiger partial charge in [-0.1, -0.05) is 42.5 Å². The van der Waals surface area contributed by atoms with Crippen LogP contribution in [0, 0.1) is 6.92 Å². The average molecular weight is 487 g/mol. The standard InChI is InChI=1S/C22H26N6O5S/c1-14-11-18(23)20(21(30)28(14)12-19(29)26-9-10-33-27-22(24)25)34(31,32)13-16-7-4-6-15-5-2-3-8-17(15)16/h2-8,11H,9-10,12-13,23H2,1H3,(H,26,29)(H4,24,25,27). The van der Waals surface area contributed by atoms with E-state index < -0.39 is 38.5 Å². The molecule has 1 heterocycles. The van der Waals surface area contributed by atoms with Crippen molar-refractivity contribution in [3.05, 3.63) is 70.1 Å². The molecule has 0 aliphatic heterocycles. The molecule has 3 rings (SSSR count). The predicted molar refractivity (Wildman–Crippen MR) is 129 cm³/mol. The number of amides is 1. The lowest BCUT2D eigenvalue weighted by Crippen LogP contribution is -2.37. The summed E-state index contributed by atoms with van der Waals surface area (Å²) in [4.78, 5) is 29.7. The predicted octanol–water partition coefficient (Wildman–Crippen LogP) is 0.187. The van der Waals surface area contributed by atoms with Gasteiger partial charge in [-0.2, -0.15) is 0 Å². The van der Waals surface area contributed by atoms with E-state index in [1.54, 1.807) is 19.1 Å². The van der Waals surface area contributed by atoms with Crippen molar-refractivity contribution >= 4 is 38.2 Å². The third kappa shape index (κ3) is 5.64. The number of hydrogen-bond acceptors (Lipinski definition) is 7. The second kappa shape index (κ2) is 10.3. The van der Waals surface area contributed by atoms with Crippen molar-refractivity contribution in [3.8, 4) is 0 Å². The summed E-state index contributed by atoms with van der Waals surface area (Å²) in [5.41, 5.74) is 16.1. The van der Waals surface area contributed by atoms with Gasteiger partial charge in [0.15, 0.2) is 14.7 Å². The third-order valence-electron chi connectivity index (χ3n) is 5.02. The minimum atomic E-state index is -4.12. The zero-order valence-electron chi connectivity index (χ0n) is 18.5. The molecule has 0 aliphatic rings. The summed E-state index contributed by atoms with van der Waals surface area (Å²) in [5.74, 6) is -1.20. The number of fused-ring (bicyclic) bond motifs is 1. The Labute approximate surface area is 196 Å². The van der Waals surface area contributed by atoms with Crippen LogP contribution in [0.5, 0.6) is 0 Å². The van der Waals surface area contributed by atoms with Crippen molar-refractivity contribution < 1.29 is 18.0 Å². The molecule has 0 saturated heterocycles. The average Bonchev–Trinajstić information content (AvgIpc) is 2.76. The molecule has 0 fully saturated rings. The molecule has 2 aromatic carbocycles. The first-order chi connectivity index (χ1) is 16.1. The van der Waals surface area contributed by atoms with Gasteiger partial charge in [0, 0.05) is 5.69 Å². The molecule has 0 aliphatic carbocycles. The molecular weight excluding hydrogens is 460 g/mol. The Morgan fingerprint density at radius 2 is 1.85 bits per heavy atom. The van der Waals surface area contributed by atoms with Crippen molar-refractivity contribution in [2.75, 3.05) is 18.9 Å². The number of aryl methyl sites for hydroxylation is 1. The van der Waals surface area contributed by atoms with Gasteiger partial charge in [-0.25, -0.2) is 8.42 Å². The number of hydrogen-bond donors (Lipinski definition) is 4. The highest BCUT2D eigenvalue weighted by Crippen LogP contribution is 2.25. The lowest BCUT2D eigenvalue weighted by Gasteiger charge is -2.15. The molecule has 12 heteroatoms. The van der Waals surface area contributed by atoms with Gasteiger partial charge < -0.3 is 31.9 Å². The summed E-state index contributed by atoms with van der Waals surface area (Å²) in [6.07, 6.45) is 0. The van der Waals surface area contributed by atoms with Gasteiger partial charge in [0.2, 0.25) is 11.9 Å². The van der Waals surface area contributed by atoms with Gasteiger partial charge in [0.1, 0.15) is 13.2 Å². The number of sulfone groups is 1. The number of oxime groups is 1. The van der Waals surface area contributed by atoms with E-state index in [9.17, 15) is 18.0 Å². The van der Waals surface area contributed by atoms with E-state index in [-0.39, 0.29) is 24.8 Å². The van der Waals surface area contributed by atoms with Gasteiger partial charge in [0.25, 0.3) is 5.56 Å². The molecule has 3 aromatic rings. The third-order valence-corrected chi connectivity index (χ3v) is 6.74. The highest BCUT2D eigenvalue weighted by Gasteiger charge is 2.26. The van der Waals surface area contributed by atoms with Gasteiger partial charge in [0.05, 0.1) is 18.0 Å². The molecule has 11 nitrogen and oxygen atoms in total. The molecule has 34 heavy (non-hydrogen) atoms. The van der Waals surface area contributed by atoms with E-state index in [4.69, 9.17) is 22.0 Å². The largest absolute Gasteiger partial charge is 0.397 e. The van der Waals surface area contributed by atoms with Crippen molar-refractivity contribution in [2.45, 2.75) is 24.1 Å². The summed E-state index contributed by atoms with van der Waals surface area (Å²) < 4.78 is 27.7. The lowest BCUT2D eigenvalue weighted by atomic mass is 10.1. The zero-order valence-corrected chi connectivity index (χ0v) is 19.3. The second-order valence-electron chi connectivity index (χ2n) is 7.56. The minimum Gasteiger partial charge on any atom is -0.397 e. The highest BCUT2D eigenvalue weighted by molar-refractivity contribution is 7.90. The van der Waals surface area contributed by atoms with Crippen LogP contribution >= 0.6 is 0 Å². The Morgan fingerprint density at radius 1 is 1.15 bits per heavy atom. The number of nitrogen functional groups attached to an aromatic ring is 1. The van der Waals surface area contributed by atoms with Gasteiger partial charge in [-0.3, -0.25) is 9.59 Å². The molecule has 0 radical (unpaired) electrons. The number of anilines is 1. The number of carbonyl (C=O) groups excluding carboxylic acids is 1. The SMILES string of the molecule is Cc1cc(N)c(S(=O)(=O)Cc2cccc3ccccc23)c(=O)n1CC(=O)NCCON=C(N)N. The summed E-state index contributed by atoms with van der Waals surface area (Å²) in [6.45, 7) is 1.24. The van der Waals surface area contributed by atoms with Crippen LogP contribution in [0.25, 0.3) is 10.8 Å². The Bertz CT molecular complexity index is 1410. The maximum absolute atomic E-state index is 13.3. The van der Waals surface area contributed by atoms with E-state index in [0.29, 0.717) is 11.3 Å². The van der Waals surface area contributed by atoms with E-state index in [0.717, 1.165) is 15.3 Å². The molecule has 1 aromatic heterocycles. The zero-order chi connectivity index (χ0) is 24.9. The van der Waals surface area contributed by atoms with Crippen LogP contribution in [0.4, 0.5) is 5.69 Å². The molecule has 1 amide bonds. The van der Waals surface area contributed by atoms with Crippen molar-refractivity contribution in [2.24, 2.45) is 16.6 Å². The Hall–Kier alpha value is -4.06. The Balaban J connectivity index is 1.86. The van der Waals surface area contributed by atoms with Crippen LogP contribution in [0.1, 0.15) is 11.3 Å². The lowest BCUT2D eigenvalue weighted by molar-refractivity contribution is -0.122. The fraction of sp³-hybridized carbons (Fsp3) is 0.227. The van der Waals surface area contributed by atoms with E-state index in [1.165, 1.54) is 6.07 Å². The number of pyridine rings is 1. The van der Waals surface area contributed by atoms with E-state index in [2.05, 4.69) is 10.5 Å². The molecule has 0 bridgehead atoms. The monoisotopic (exact) mass is 486 g/mol. The first-order valence-corrected chi connectivity index (χ1v) is 11.9. The first-order valence-electron chi connectivity index (χ1n) is 10.3. The van der Waals surface area contributed by atoms with Crippen LogP contribution < -0.4 is 28.1 Å². The van der Waals surface area contributed by atoms with Gasteiger partial charge in [-0.05, 0) is 34.5 Å². The second-order valence-corrected chi connectivity index (χ2v) is 9.48. The fourth-order valence-electron chi connectivity index (χ4n) is 3.53. The molecule has 7 N–H and O–H groups in total. The van der Waals surface area contributed by atoms with Crippen molar-refractivity contribution in [1.82, 2.24) is 9.88 Å². The van der Waals surface area contributed by atoms with E-state index >= 15 is 0 Å². The Morgan fingerprint density at radius 3 is 2.59 bits per heavy atom. The van der Waals surface area contributed by atoms with Gasteiger partial charge in [-0.15, -0.1) is 0 Å². The Kier molecular flexibility index (Phi) is 7.41. The molecule has 0 spiro atoms. The van der Waals surface area contributed by atoms with Crippen molar-refractivity contribution in [3.63, 3.8) is 0 Å². The van der Waals surface area contributed by atoms with Crippen LogP contribution in [-0.4, -0.2) is 38.0 Å². The number of guanidine groups is 1. The number of nitrogens with zero attached hydrogens (tertiary/aromatic N) is 2. The van der Waals surface area contributed by atoms with Crippen molar-refractivity contribution in [1.29, 1.82) is 0 Å². The number of aromatic nitrogens is 1. The molecular formula is C22H26N6O5S. The van der Waals surface area contributed by atoms with Crippen LogP contribution in [0.15, 0.2) is 63.4 Å². The summed E-state index contributed by atoms with van der Waals surface area (Å²) >= 11 is 0. The first kappa shape index (κ1) is 24.6. The van der Waals surface area contributed by atoms with Crippen LogP contribution in [0.3, 0.4) is 0 Å². The van der Waals surface area contributed by atoms with E-state index in [1.807, 2.05) is 30.3 Å². The van der Waals surface area contributed by atoms with Crippen LogP contribution in [0.2, 0.25) is 0 Å². The molecule has 0 atom stereocenters. The molecule has 0 unspecified atom stereocenters. The number of benzene rings is 2. The summed E-state index contributed by atoms with van der Waals surface area (Å²) in [7, 11) is -4.12. The number of nitrogens with two attached hydrogens (primary N) is 3. The molecule has 180 valence electrons. The van der Waals surface area contributed by atoms with Crippen LogP contribution in [-0.2, 0) is 31.8 Å².